The van der Waals surface area contributed by atoms with Crippen molar-refractivity contribution in [2.24, 2.45) is 0 Å². The Balaban J connectivity index is 1.72. The topological polar surface area (TPSA) is 90.7 Å². The van der Waals surface area contributed by atoms with Crippen molar-refractivity contribution in [3.63, 3.8) is 0 Å². The van der Waals surface area contributed by atoms with Crippen molar-refractivity contribution in [1.29, 1.82) is 0 Å². The number of nitrogens with zero attached hydrogens (tertiary/aromatic N) is 2. The molecular weight excluding hydrogens is 392 g/mol. The first kappa shape index (κ1) is 24.4. The fourth-order valence-electron chi connectivity index (χ4n) is 3.24. The molecule has 6 nitrogen and oxygen atoms in total. The first-order valence-electron chi connectivity index (χ1n) is 10.8. The summed E-state index contributed by atoms with van der Waals surface area (Å²) >= 11 is 0. The molecule has 0 aliphatic rings. The van der Waals surface area contributed by atoms with Crippen LogP contribution in [0.25, 0.3) is 6.08 Å². The van der Waals surface area contributed by atoms with E-state index in [9.17, 15) is 14.7 Å². The van der Waals surface area contributed by atoms with E-state index in [1.165, 1.54) is 5.56 Å². The zero-order valence-corrected chi connectivity index (χ0v) is 18.1. The SMILES string of the molecule is C[C@H](C(=O)O)N(CCO)Cc1ccc(C(=O)CCCCC/C=C/c2ccccc2)cn1. The van der Waals surface area contributed by atoms with Crippen molar-refractivity contribution in [2.45, 2.75) is 51.6 Å². The minimum absolute atomic E-state index is 0.0741. The Hall–Kier alpha value is -2.83. The van der Waals surface area contributed by atoms with Crippen molar-refractivity contribution in [3.05, 3.63) is 71.6 Å². The average Bonchev–Trinajstić information content (AvgIpc) is 2.78. The predicted octanol–water partition coefficient (Wildman–Crippen LogP) is 4.20. The van der Waals surface area contributed by atoms with Crippen LogP contribution in [0, 0.1) is 0 Å². The molecule has 0 unspecified atom stereocenters. The molecule has 0 spiro atoms. The number of Topliss-reactive ketones (excluding diaryl/α,β-unsaturated/α-hetero) is 1. The number of allylic oxidation sites excluding steroid dienone is 1. The van der Waals surface area contributed by atoms with Gasteiger partial charge in [0.05, 0.1) is 12.3 Å². The van der Waals surface area contributed by atoms with Crippen LogP contribution in [-0.2, 0) is 11.3 Å². The fraction of sp³-hybridized carbons (Fsp3) is 0.400. The third-order valence-electron chi connectivity index (χ3n) is 5.19. The number of carboxylic acids is 1. The van der Waals surface area contributed by atoms with Gasteiger partial charge in [-0.1, -0.05) is 48.9 Å². The third kappa shape index (κ3) is 8.82. The maximum Gasteiger partial charge on any atom is 0.320 e. The van der Waals surface area contributed by atoms with Crippen molar-refractivity contribution in [1.82, 2.24) is 9.88 Å². The zero-order valence-electron chi connectivity index (χ0n) is 18.1. The number of rotatable bonds is 14. The minimum Gasteiger partial charge on any atom is -0.480 e. The molecule has 1 aromatic carbocycles. The largest absolute Gasteiger partial charge is 0.480 e. The monoisotopic (exact) mass is 424 g/mol. The molecule has 0 aliphatic carbocycles. The fourth-order valence-corrected chi connectivity index (χ4v) is 3.24. The number of hydrogen-bond donors (Lipinski definition) is 2. The van der Waals surface area contributed by atoms with Gasteiger partial charge < -0.3 is 10.2 Å². The Labute approximate surface area is 184 Å². The lowest BCUT2D eigenvalue weighted by Gasteiger charge is -2.24. The smallest absolute Gasteiger partial charge is 0.320 e. The number of aliphatic hydroxyl groups is 1. The van der Waals surface area contributed by atoms with Gasteiger partial charge in [0.15, 0.2) is 5.78 Å². The van der Waals surface area contributed by atoms with E-state index in [2.05, 4.69) is 29.3 Å². The average molecular weight is 425 g/mol. The number of aromatic nitrogens is 1. The second-order valence-electron chi connectivity index (χ2n) is 7.58. The number of carboxylic acid groups (broad SMARTS) is 1. The highest BCUT2D eigenvalue weighted by Crippen LogP contribution is 2.12. The Bertz CT molecular complexity index is 834. The molecule has 0 radical (unpaired) electrons. The van der Waals surface area contributed by atoms with Gasteiger partial charge in [0, 0.05) is 31.3 Å². The highest BCUT2D eigenvalue weighted by molar-refractivity contribution is 5.95. The molecule has 0 fully saturated rings. The van der Waals surface area contributed by atoms with Gasteiger partial charge in [0.1, 0.15) is 6.04 Å². The maximum absolute atomic E-state index is 12.4. The second-order valence-corrected chi connectivity index (χ2v) is 7.58. The summed E-state index contributed by atoms with van der Waals surface area (Å²) in [6.45, 7) is 2.00. The summed E-state index contributed by atoms with van der Waals surface area (Å²) < 4.78 is 0. The molecule has 31 heavy (non-hydrogen) atoms. The van der Waals surface area contributed by atoms with Crippen LogP contribution in [0.15, 0.2) is 54.7 Å². The first-order valence-corrected chi connectivity index (χ1v) is 10.8. The molecule has 0 saturated heterocycles. The molecule has 2 aromatic rings. The number of hydrogen-bond acceptors (Lipinski definition) is 5. The summed E-state index contributed by atoms with van der Waals surface area (Å²) in [5, 5.41) is 18.3. The lowest BCUT2D eigenvalue weighted by molar-refractivity contribution is -0.143. The van der Waals surface area contributed by atoms with Gasteiger partial charge in [0.25, 0.3) is 0 Å². The Morgan fingerprint density at radius 2 is 1.87 bits per heavy atom. The van der Waals surface area contributed by atoms with Crippen LogP contribution in [-0.4, -0.2) is 51.0 Å². The summed E-state index contributed by atoms with van der Waals surface area (Å²) in [6, 6.07) is 13.0. The van der Waals surface area contributed by atoms with Crippen LogP contribution in [0.3, 0.4) is 0 Å². The number of ketones is 1. The molecule has 6 heteroatoms. The van der Waals surface area contributed by atoms with Crippen molar-refractivity contribution in [2.75, 3.05) is 13.2 Å². The van der Waals surface area contributed by atoms with Crippen LogP contribution in [0.1, 0.15) is 60.6 Å². The molecule has 2 rings (SSSR count). The van der Waals surface area contributed by atoms with E-state index in [1.807, 2.05) is 18.2 Å². The molecule has 0 aliphatic heterocycles. The van der Waals surface area contributed by atoms with Crippen LogP contribution < -0.4 is 0 Å². The number of carbonyl (C=O) groups excluding carboxylic acids is 1. The molecular formula is C25H32N2O4. The molecule has 0 bridgehead atoms. The molecule has 166 valence electrons. The summed E-state index contributed by atoms with van der Waals surface area (Å²) in [5.74, 6) is -0.874. The first-order chi connectivity index (χ1) is 15.0. The summed E-state index contributed by atoms with van der Waals surface area (Å²) in [5.41, 5.74) is 2.45. The second kappa shape index (κ2) is 13.5. The minimum atomic E-state index is -0.948. The van der Waals surface area contributed by atoms with E-state index in [1.54, 1.807) is 30.2 Å². The zero-order chi connectivity index (χ0) is 22.5. The van der Waals surface area contributed by atoms with E-state index in [-0.39, 0.29) is 18.9 Å². The van der Waals surface area contributed by atoms with Gasteiger partial charge >= 0.3 is 5.97 Å². The highest BCUT2D eigenvalue weighted by atomic mass is 16.4. The predicted molar refractivity (Wildman–Crippen MR) is 122 cm³/mol. The van der Waals surface area contributed by atoms with Gasteiger partial charge in [-0.05, 0) is 43.9 Å². The van der Waals surface area contributed by atoms with E-state index in [0.717, 1.165) is 25.7 Å². The van der Waals surface area contributed by atoms with Crippen molar-refractivity contribution in [3.8, 4) is 0 Å². The maximum atomic E-state index is 12.4. The van der Waals surface area contributed by atoms with Gasteiger partial charge in [-0.3, -0.25) is 19.5 Å². The Kier molecular flexibility index (Phi) is 10.6. The lowest BCUT2D eigenvalue weighted by Crippen LogP contribution is -2.40. The molecule has 1 atom stereocenters. The number of benzene rings is 1. The number of aliphatic carboxylic acids is 1. The van der Waals surface area contributed by atoms with Crippen molar-refractivity contribution >= 4 is 17.8 Å². The normalized spacial score (nSPS) is 12.4. The highest BCUT2D eigenvalue weighted by Gasteiger charge is 2.20. The molecule has 0 amide bonds. The quantitative estimate of drug-likeness (QED) is 0.349. The Morgan fingerprint density at radius 3 is 2.52 bits per heavy atom. The van der Waals surface area contributed by atoms with Gasteiger partial charge in [-0.2, -0.15) is 0 Å². The number of carbonyl (C=O) groups is 2. The van der Waals surface area contributed by atoms with Gasteiger partial charge in [-0.25, -0.2) is 0 Å². The third-order valence-corrected chi connectivity index (χ3v) is 5.19. The summed E-state index contributed by atoms with van der Waals surface area (Å²) in [6.07, 6.45) is 10.2. The summed E-state index contributed by atoms with van der Waals surface area (Å²) in [7, 11) is 0. The molecule has 0 saturated carbocycles. The van der Waals surface area contributed by atoms with E-state index >= 15 is 0 Å². The molecule has 1 heterocycles. The van der Waals surface area contributed by atoms with Crippen LogP contribution in [0.4, 0.5) is 0 Å². The van der Waals surface area contributed by atoms with Crippen LogP contribution in [0.2, 0.25) is 0 Å². The van der Waals surface area contributed by atoms with E-state index in [4.69, 9.17) is 5.11 Å². The summed E-state index contributed by atoms with van der Waals surface area (Å²) in [4.78, 5) is 29.5. The van der Waals surface area contributed by atoms with Crippen LogP contribution in [0.5, 0.6) is 0 Å². The van der Waals surface area contributed by atoms with Crippen molar-refractivity contribution < 1.29 is 19.8 Å². The number of aliphatic hydroxyl groups excluding tert-OH is 1. The molecule has 1 aromatic heterocycles. The van der Waals surface area contributed by atoms with Gasteiger partial charge in [-0.15, -0.1) is 0 Å². The number of pyridine rings is 1. The standard InChI is InChI=1S/C25H32N2O4/c1-20(25(30)31)27(16-17-28)19-23-15-14-22(18-26-23)24(29)13-9-4-2-3-6-10-21-11-7-5-8-12-21/h5-8,10-12,14-15,18,20,28H,2-4,9,13,16-17,19H2,1H3,(H,30,31)/b10-6+/t20-/m1/s1. The van der Waals surface area contributed by atoms with Gasteiger partial charge in [0.2, 0.25) is 0 Å². The van der Waals surface area contributed by atoms with E-state index in [0.29, 0.717) is 24.2 Å². The Morgan fingerprint density at radius 1 is 1.10 bits per heavy atom. The van der Waals surface area contributed by atoms with Crippen LogP contribution >= 0.6 is 0 Å². The molecule has 2 N–H and O–H groups in total. The lowest BCUT2D eigenvalue weighted by atomic mass is 10.0. The number of unbranched alkanes of at least 4 members (excludes halogenated alkanes) is 3. The van der Waals surface area contributed by atoms with E-state index < -0.39 is 12.0 Å².